The van der Waals surface area contributed by atoms with Crippen LogP contribution in [0.25, 0.3) is 0 Å². The predicted molar refractivity (Wildman–Crippen MR) is 60.6 cm³/mol. The molecule has 0 unspecified atom stereocenters. The summed E-state index contributed by atoms with van der Waals surface area (Å²) in [5.74, 6) is -0.0543. The minimum absolute atomic E-state index is 0. The molecule has 0 fully saturated rings. The van der Waals surface area contributed by atoms with Crippen LogP contribution in [0.4, 0.5) is 8.78 Å². The normalized spacial score (nSPS) is 12.3. The molecule has 0 amide bonds. The quantitative estimate of drug-likeness (QED) is 0.900. The summed E-state index contributed by atoms with van der Waals surface area (Å²) in [6, 6.07) is 3.74. The van der Waals surface area contributed by atoms with Gasteiger partial charge in [-0.1, -0.05) is 15.9 Å². The Morgan fingerprint density at radius 2 is 2.00 bits per heavy atom. The van der Waals surface area contributed by atoms with Crippen molar-refractivity contribution in [3.8, 4) is 5.75 Å². The molecule has 0 saturated carbocycles. The van der Waals surface area contributed by atoms with Crippen molar-refractivity contribution < 1.29 is 13.9 Å². The van der Waals surface area contributed by atoms with Crippen molar-refractivity contribution in [2.75, 3.05) is 0 Å². The Morgan fingerprint density at radius 3 is 2.53 bits per heavy atom. The standard InChI is InChI=1S/C9H10BrF2NO.ClH/c10-5-1-2-8(14)6(3-5)7(13)4-9(11)12;/h1-3,7,9,14H,4,13H2;1H/t7-;/m0./s1. The second-order valence-electron chi connectivity index (χ2n) is 2.94. The van der Waals surface area contributed by atoms with Crippen molar-refractivity contribution in [1.82, 2.24) is 0 Å². The van der Waals surface area contributed by atoms with E-state index in [1.165, 1.54) is 6.07 Å². The molecule has 0 aliphatic heterocycles. The monoisotopic (exact) mass is 301 g/mol. The molecule has 0 aliphatic carbocycles. The molecule has 6 heteroatoms. The Bertz CT molecular complexity index is 325. The first-order chi connectivity index (χ1) is 6.50. The van der Waals surface area contributed by atoms with Crippen LogP contribution in [-0.4, -0.2) is 11.5 Å². The molecular weight excluding hydrogens is 291 g/mol. The molecule has 86 valence electrons. The molecule has 0 heterocycles. The molecule has 2 nitrogen and oxygen atoms in total. The van der Waals surface area contributed by atoms with Gasteiger partial charge in [-0.05, 0) is 18.2 Å². The Kier molecular flexibility index (Phi) is 6.09. The number of aromatic hydroxyl groups is 1. The molecule has 0 spiro atoms. The van der Waals surface area contributed by atoms with Crippen LogP contribution in [0.1, 0.15) is 18.0 Å². The van der Waals surface area contributed by atoms with Crippen LogP contribution in [0.3, 0.4) is 0 Å². The van der Waals surface area contributed by atoms with E-state index >= 15 is 0 Å². The minimum Gasteiger partial charge on any atom is -0.508 e. The molecule has 0 radical (unpaired) electrons. The second-order valence-corrected chi connectivity index (χ2v) is 3.85. The van der Waals surface area contributed by atoms with Gasteiger partial charge in [-0.2, -0.15) is 0 Å². The van der Waals surface area contributed by atoms with Crippen LogP contribution in [-0.2, 0) is 0 Å². The average molecular weight is 303 g/mol. The van der Waals surface area contributed by atoms with Gasteiger partial charge in [0.15, 0.2) is 0 Å². The van der Waals surface area contributed by atoms with Gasteiger partial charge in [-0.15, -0.1) is 12.4 Å². The number of alkyl halides is 2. The van der Waals surface area contributed by atoms with E-state index in [2.05, 4.69) is 15.9 Å². The van der Waals surface area contributed by atoms with E-state index < -0.39 is 18.9 Å². The van der Waals surface area contributed by atoms with E-state index in [0.29, 0.717) is 10.0 Å². The zero-order valence-corrected chi connectivity index (χ0v) is 10.1. The van der Waals surface area contributed by atoms with E-state index in [-0.39, 0.29) is 18.2 Å². The van der Waals surface area contributed by atoms with E-state index in [4.69, 9.17) is 5.73 Å². The van der Waals surface area contributed by atoms with Crippen molar-refractivity contribution in [2.24, 2.45) is 5.73 Å². The molecule has 1 aromatic carbocycles. The summed E-state index contributed by atoms with van der Waals surface area (Å²) in [5, 5.41) is 9.37. The van der Waals surface area contributed by atoms with Crippen LogP contribution < -0.4 is 5.73 Å². The lowest BCUT2D eigenvalue weighted by Gasteiger charge is -2.13. The third-order valence-electron chi connectivity index (χ3n) is 1.82. The van der Waals surface area contributed by atoms with Gasteiger partial charge in [0.1, 0.15) is 5.75 Å². The van der Waals surface area contributed by atoms with Crippen LogP contribution in [0.2, 0.25) is 0 Å². The maximum atomic E-state index is 12.0. The van der Waals surface area contributed by atoms with Crippen molar-refractivity contribution in [3.05, 3.63) is 28.2 Å². The number of phenolic OH excluding ortho intramolecular Hbond substituents is 1. The number of nitrogens with two attached hydrogens (primary N) is 1. The Hall–Kier alpha value is -0.390. The van der Waals surface area contributed by atoms with Crippen molar-refractivity contribution in [2.45, 2.75) is 18.9 Å². The first-order valence-corrected chi connectivity index (χ1v) is 4.82. The van der Waals surface area contributed by atoms with Gasteiger partial charge in [0.2, 0.25) is 6.43 Å². The summed E-state index contributed by atoms with van der Waals surface area (Å²) in [7, 11) is 0. The fourth-order valence-electron chi connectivity index (χ4n) is 1.14. The van der Waals surface area contributed by atoms with Gasteiger partial charge in [-0.25, -0.2) is 8.78 Å². The van der Waals surface area contributed by atoms with Gasteiger partial charge >= 0.3 is 0 Å². The third kappa shape index (κ3) is 4.32. The third-order valence-corrected chi connectivity index (χ3v) is 2.31. The predicted octanol–water partition coefficient (Wildman–Crippen LogP) is 3.23. The van der Waals surface area contributed by atoms with E-state index in [1.807, 2.05) is 0 Å². The zero-order chi connectivity index (χ0) is 10.7. The lowest BCUT2D eigenvalue weighted by molar-refractivity contribution is 0.128. The zero-order valence-electron chi connectivity index (χ0n) is 7.66. The number of phenols is 1. The molecule has 1 atom stereocenters. The summed E-state index contributed by atoms with van der Waals surface area (Å²) in [4.78, 5) is 0. The summed E-state index contributed by atoms with van der Waals surface area (Å²) in [6.45, 7) is 0. The maximum Gasteiger partial charge on any atom is 0.240 e. The summed E-state index contributed by atoms with van der Waals surface area (Å²) in [5.41, 5.74) is 5.84. The van der Waals surface area contributed by atoms with Crippen LogP contribution in [0, 0.1) is 0 Å². The SMILES string of the molecule is Cl.N[C@@H](CC(F)F)c1cc(Br)ccc1O. The second kappa shape index (κ2) is 6.25. The fourth-order valence-corrected chi connectivity index (χ4v) is 1.52. The van der Waals surface area contributed by atoms with Crippen LogP contribution in [0.5, 0.6) is 5.75 Å². The molecule has 1 aromatic rings. The highest BCUT2D eigenvalue weighted by Crippen LogP contribution is 2.29. The Morgan fingerprint density at radius 1 is 1.40 bits per heavy atom. The molecule has 1 rings (SSSR count). The first-order valence-electron chi connectivity index (χ1n) is 4.03. The molecule has 0 aliphatic rings. The Labute approximate surface area is 101 Å². The topological polar surface area (TPSA) is 46.2 Å². The van der Waals surface area contributed by atoms with Crippen molar-refractivity contribution >= 4 is 28.3 Å². The van der Waals surface area contributed by atoms with Crippen LogP contribution >= 0.6 is 28.3 Å². The smallest absolute Gasteiger partial charge is 0.240 e. The summed E-state index contributed by atoms with van der Waals surface area (Å²) >= 11 is 3.18. The number of rotatable bonds is 3. The molecule has 15 heavy (non-hydrogen) atoms. The molecule has 0 saturated heterocycles. The lowest BCUT2D eigenvalue weighted by Crippen LogP contribution is -2.14. The number of halogens is 4. The molecule has 0 aromatic heterocycles. The van der Waals surface area contributed by atoms with Gasteiger partial charge < -0.3 is 10.8 Å². The lowest BCUT2D eigenvalue weighted by atomic mass is 10.0. The van der Waals surface area contributed by atoms with Gasteiger partial charge in [0, 0.05) is 22.5 Å². The minimum atomic E-state index is -2.47. The molecule has 3 N–H and O–H groups in total. The highest BCUT2D eigenvalue weighted by molar-refractivity contribution is 9.10. The van der Waals surface area contributed by atoms with Gasteiger partial charge in [0.05, 0.1) is 0 Å². The van der Waals surface area contributed by atoms with E-state index in [9.17, 15) is 13.9 Å². The largest absolute Gasteiger partial charge is 0.508 e. The van der Waals surface area contributed by atoms with E-state index in [0.717, 1.165) is 0 Å². The van der Waals surface area contributed by atoms with Crippen LogP contribution in [0.15, 0.2) is 22.7 Å². The summed E-state index contributed by atoms with van der Waals surface area (Å²) in [6.07, 6.45) is -2.92. The number of hydrogen-bond acceptors (Lipinski definition) is 2. The van der Waals surface area contributed by atoms with Gasteiger partial charge in [0.25, 0.3) is 0 Å². The number of hydrogen-bond donors (Lipinski definition) is 2. The highest BCUT2D eigenvalue weighted by atomic mass is 79.9. The van der Waals surface area contributed by atoms with Crippen molar-refractivity contribution in [1.29, 1.82) is 0 Å². The molecule has 0 bridgehead atoms. The summed E-state index contributed by atoms with van der Waals surface area (Å²) < 4.78 is 24.8. The van der Waals surface area contributed by atoms with Gasteiger partial charge in [-0.3, -0.25) is 0 Å². The van der Waals surface area contributed by atoms with E-state index in [1.54, 1.807) is 12.1 Å². The first kappa shape index (κ1) is 14.6. The molecular formula is C9H11BrClF2NO. The highest BCUT2D eigenvalue weighted by Gasteiger charge is 2.16. The maximum absolute atomic E-state index is 12.0. The van der Waals surface area contributed by atoms with Crippen molar-refractivity contribution in [3.63, 3.8) is 0 Å². The fraction of sp³-hybridized carbons (Fsp3) is 0.333. The number of benzene rings is 1. The Balaban J connectivity index is 0.00000196. The average Bonchev–Trinajstić information content (AvgIpc) is 2.08.